The second-order valence-corrected chi connectivity index (χ2v) is 14.6. The van der Waals surface area contributed by atoms with E-state index in [0.29, 0.717) is 12.1 Å². The van der Waals surface area contributed by atoms with Gasteiger partial charge >= 0.3 is 11.9 Å². The van der Waals surface area contributed by atoms with Gasteiger partial charge in [-0.2, -0.15) is 0 Å². The molecule has 6 rings (SSSR count). The van der Waals surface area contributed by atoms with E-state index < -0.39 is 186 Å². The summed E-state index contributed by atoms with van der Waals surface area (Å²) in [5, 5.41) is 174. The van der Waals surface area contributed by atoms with Gasteiger partial charge in [0.1, 0.15) is 67.6 Å². The van der Waals surface area contributed by atoms with Crippen molar-refractivity contribution in [2.45, 2.75) is 74.6 Å². The summed E-state index contributed by atoms with van der Waals surface area (Å²) in [5.74, 6) is -15.0. The van der Waals surface area contributed by atoms with Crippen LogP contribution in [0.1, 0.15) is 31.8 Å². The number of benzene rings is 4. The number of phenols is 9. The third kappa shape index (κ3) is 9.82. The summed E-state index contributed by atoms with van der Waals surface area (Å²) in [4.78, 5) is 26.5. The minimum absolute atomic E-state index is 0.0885. The first kappa shape index (κ1) is 48.5. The zero-order valence-electron chi connectivity index (χ0n) is 33.4. The highest BCUT2D eigenvalue weighted by atomic mass is 16.7. The van der Waals surface area contributed by atoms with E-state index >= 15 is 0 Å². The molecule has 2 fully saturated rings. The standard InChI is InChI=1S/C40H42O26/c41-8-23-27(51)29(53)32(56)39(63-23)65-35-18(45)1-12(2-19(35)46)10-60-37(58)14-5-16(43)25(49)22(6-14)62-34-15(7-17(44)26(50)31(34)55)38(59)61-11-13-3-20(47)36(21(48)4-13)66-40-33(57)30(54)28(52)24(9-42)64-40/h1-7,23-24,27-30,32-33,39-57H,8-11H2/t23-,24-,27-,28-,29+,30+,32-,33-,39+,40+/m1/s1. The number of aromatic hydroxyl groups is 9. The molecule has 0 saturated carbocycles. The largest absolute Gasteiger partial charge is 0.504 e. The Morgan fingerprint density at radius 2 is 0.894 bits per heavy atom. The molecular formula is C40H42O26. The Bertz CT molecular complexity index is 2390. The minimum Gasteiger partial charge on any atom is -0.504 e. The minimum atomic E-state index is -1.91. The number of ether oxygens (including phenoxy) is 7. The molecule has 2 saturated heterocycles. The molecule has 2 aliphatic heterocycles. The molecule has 17 N–H and O–H groups in total. The van der Waals surface area contributed by atoms with Crippen LogP contribution in [0.5, 0.6) is 74.7 Å². The molecule has 0 aliphatic carbocycles. The smallest absolute Gasteiger partial charge is 0.342 e. The summed E-state index contributed by atoms with van der Waals surface area (Å²) in [5.41, 5.74) is -1.66. The average Bonchev–Trinajstić information content (AvgIpc) is 3.28. The number of phenolic OH excluding ortho intramolecular Hbond substituents is 9. The molecule has 2 aliphatic rings. The molecule has 0 radical (unpaired) electrons. The van der Waals surface area contributed by atoms with E-state index in [1.165, 1.54) is 0 Å². The van der Waals surface area contributed by atoms with Gasteiger partial charge in [-0.3, -0.25) is 0 Å². The first-order valence-corrected chi connectivity index (χ1v) is 19.1. The van der Waals surface area contributed by atoms with E-state index in [4.69, 9.17) is 33.2 Å². The van der Waals surface area contributed by atoms with Crippen molar-refractivity contribution in [1.82, 2.24) is 0 Å². The van der Waals surface area contributed by atoms with Gasteiger partial charge in [-0.15, -0.1) is 0 Å². The van der Waals surface area contributed by atoms with Crippen LogP contribution in [0.2, 0.25) is 0 Å². The number of hydrogen-bond donors (Lipinski definition) is 17. The lowest BCUT2D eigenvalue weighted by atomic mass is 9.99. The van der Waals surface area contributed by atoms with Crippen LogP contribution in [-0.2, 0) is 32.2 Å². The molecular weight excluding hydrogens is 896 g/mol. The van der Waals surface area contributed by atoms with E-state index in [9.17, 15) is 96.4 Å². The van der Waals surface area contributed by atoms with E-state index in [1.807, 2.05) is 0 Å². The lowest BCUT2D eigenvalue weighted by Crippen LogP contribution is -2.60. The van der Waals surface area contributed by atoms with Crippen LogP contribution in [0.25, 0.3) is 0 Å². The van der Waals surface area contributed by atoms with E-state index in [2.05, 4.69) is 0 Å². The number of hydrogen-bond acceptors (Lipinski definition) is 26. The van der Waals surface area contributed by atoms with Gasteiger partial charge < -0.3 is 120 Å². The molecule has 0 aromatic heterocycles. The predicted octanol–water partition coefficient (Wildman–Crippen LogP) is -2.10. The van der Waals surface area contributed by atoms with Gasteiger partial charge in [0.15, 0.2) is 46.0 Å². The SMILES string of the molecule is O=C(OCc1cc(O)c(O[C@@H]2O[C@H](CO)[C@@H](O)[C@H](O)[C@H]2O)c(O)c1)c1cc(O)c(O)c(Oc2c(C(=O)OCc3cc(O)c(O[C@@H]4O[C@H](CO)[C@@H](O)[C@H](O)[C@H]4O)c(O)c3)cc(O)c(O)c2O)c1. The Labute approximate surface area is 368 Å². The molecule has 0 spiro atoms. The molecule has 0 amide bonds. The summed E-state index contributed by atoms with van der Waals surface area (Å²) in [6.45, 7) is -3.09. The summed E-state index contributed by atoms with van der Waals surface area (Å²) in [6, 6.07) is 5.69. The number of carbonyl (C=O) groups excluding carboxylic acids is 2. The van der Waals surface area contributed by atoms with Gasteiger partial charge in [-0.05, 0) is 47.5 Å². The molecule has 2 heterocycles. The van der Waals surface area contributed by atoms with E-state index in [-0.39, 0.29) is 11.1 Å². The van der Waals surface area contributed by atoms with Crippen molar-refractivity contribution in [2.24, 2.45) is 0 Å². The molecule has 0 bridgehead atoms. The molecule has 26 nitrogen and oxygen atoms in total. The van der Waals surface area contributed by atoms with Crippen LogP contribution in [0.4, 0.5) is 0 Å². The first-order chi connectivity index (χ1) is 31.1. The van der Waals surface area contributed by atoms with Crippen molar-refractivity contribution >= 4 is 11.9 Å². The summed E-state index contributed by atoms with van der Waals surface area (Å²) in [7, 11) is 0. The van der Waals surface area contributed by atoms with Gasteiger partial charge in [0.2, 0.25) is 41.3 Å². The lowest BCUT2D eigenvalue weighted by Gasteiger charge is -2.39. The highest BCUT2D eigenvalue weighted by Gasteiger charge is 2.46. The maximum Gasteiger partial charge on any atom is 0.342 e. The van der Waals surface area contributed by atoms with Crippen LogP contribution >= 0.6 is 0 Å². The van der Waals surface area contributed by atoms with E-state index in [0.717, 1.165) is 30.3 Å². The molecule has 26 heteroatoms. The first-order valence-electron chi connectivity index (χ1n) is 19.1. The van der Waals surface area contributed by atoms with Crippen molar-refractivity contribution in [2.75, 3.05) is 13.2 Å². The third-order valence-electron chi connectivity index (χ3n) is 10.1. The zero-order valence-corrected chi connectivity index (χ0v) is 33.4. The normalized spacial score (nSPS) is 25.2. The van der Waals surface area contributed by atoms with E-state index in [1.54, 1.807) is 0 Å². The summed E-state index contributed by atoms with van der Waals surface area (Å²) in [6.07, 6.45) is -17.3. The molecule has 4 aromatic carbocycles. The average molecular weight is 939 g/mol. The van der Waals surface area contributed by atoms with Crippen molar-refractivity contribution in [1.29, 1.82) is 0 Å². The predicted molar refractivity (Wildman–Crippen MR) is 208 cm³/mol. The van der Waals surface area contributed by atoms with Gasteiger partial charge in [0.05, 0.1) is 18.8 Å². The second-order valence-electron chi connectivity index (χ2n) is 14.6. The molecule has 10 atom stereocenters. The zero-order chi connectivity index (χ0) is 48.5. The number of carbonyl (C=O) groups is 2. The van der Waals surface area contributed by atoms with Gasteiger partial charge in [-0.25, -0.2) is 9.59 Å². The van der Waals surface area contributed by atoms with Gasteiger partial charge in [-0.1, -0.05) is 0 Å². The molecule has 4 aromatic rings. The Hall–Kier alpha value is -6.98. The second kappa shape index (κ2) is 19.6. The van der Waals surface area contributed by atoms with Crippen LogP contribution in [0.3, 0.4) is 0 Å². The van der Waals surface area contributed by atoms with Crippen molar-refractivity contribution in [3.8, 4) is 74.7 Å². The topological polar surface area (TPSA) is 443 Å². The Morgan fingerprint density at radius 1 is 0.470 bits per heavy atom. The third-order valence-corrected chi connectivity index (χ3v) is 10.1. The molecule has 0 unspecified atom stereocenters. The summed E-state index contributed by atoms with van der Waals surface area (Å²) < 4.78 is 36.8. The maximum atomic E-state index is 13.3. The summed E-state index contributed by atoms with van der Waals surface area (Å²) >= 11 is 0. The van der Waals surface area contributed by atoms with Crippen LogP contribution in [-0.4, -0.2) is 173 Å². The number of aliphatic hydroxyl groups is 8. The van der Waals surface area contributed by atoms with Gasteiger partial charge in [0, 0.05) is 6.07 Å². The van der Waals surface area contributed by atoms with Crippen LogP contribution < -0.4 is 14.2 Å². The van der Waals surface area contributed by atoms with Gasteiger partial charge in [0.25, 0.3) is 0 Å². The van der Waals surface area contributed by atoms with Crippen molar-refractivity contribution in [3.63, 3.8) is 0 Å². The highest BCUT2D eigenvalue weighted by molar-refractivity contribution is 5.95. The Kier molecular flexibility index (Phi) is 14.4. The monoisotopic (exact) mass is 938 g/mol. The Balaban J connectivity index is 1.15. The van der Waals surface area contributed by atoms with Crippen LogP contribution in [0, 0.1) is 0 Å². The maximum absolute atomic E-state index is 13.3. The lowest BCUT2D eigenvalue weighted by molar-refractivity contribution is -0.277. The Morgan fingerprint density at radius 3 is 1.33 bits per heavy atom. The quantitative estimate of drug-likeness (QED) is 0.0476. The fourth-order valence-corrected chi connectivity index (χ4v) is 6.52. The van der Waals surface area contributed by atoms with Crippen molar-refractivity contribution in [3.05, 3.63) is 64.7 Å². The number of esters is 2. The fourth-order valence-electron chi connectivity index (χ4n) is 6.52. The number of rotatable bonds is 14. The molecule has 358 valence electrons. The molecule has 66 heavy (non-hydrogen) atoms. The highest BCUT2D eigenvalue weighted by Crippen LogP contribution is 2.49. The van der Waals surface area contributed by atoms with Crippen LogP contribution in [0.15, 0.2) is 42.5 Å². The number of aliphatic hydroxyl groups excluding tert-OH is 8. The fraction of sp³-hybridized carbons (Fsp3) is 0.350. The van der Waals surface area contributed by atoms with Crippen molar-refractivity contribution < 1.29 is 130 Å².